The van der Waals surface area contributed by atoms with E-state index in [1.54, 1.807) is 0 Å². The Kier molecular flexibility index (Phi) is 5.88. The number of carboxylic acid groups (broad SMARTS) is 1. The molecule has 0 aromatic heterocycles. The van der Waals surface area contributed by atoms with Crippen LogP contribution in [-0.4, -0.2) is 34.9 Å². The Balaban J connectivity index is 2.47. The molecule has 0 aliphatic heterocycles. The number of rotatable bonds is 7. The Hall–Kier alpha value is -1.69. The smallest absolute Gasteiger partial charge is 0.328 e. The summed E-state index contributed by atoms with van der Waals surface area (Å²) in [6, 6.07) is 7.41. The molecular formula is C14H19NO4S. The van der Waals surface area contributed by atoms with Crippen LogP contribution in [0.15, 0.2) is 29.2 Å². The first-order valence-corrected chi connectivity index (χ1v) is 7.24. The number of carbonyl (C=O) groups is 2. The summed E-state index contributed by atoms with van der Waals surface area (Å²) in [6.07, 6.45) is 0. The molecule has 0 saturated carbocycles. The van der Waals surface area contributed by atoms with E-state index in [2.05, 4.69) is 5.32 Å². The highest BCUT2D eigenvalue weighted by atomic mass is 32.2. The molecule has 0 heterocycles. The van der Waals surface area contributed by atoms with Crippen molar-refractivity contribution in [1.29, 1.82) is 0 Å². The maximum absolute atomic E-state index is 11.7. The molecule has 0 fully saturated rings. The number of carbonyl (C=O) groups excluding carboxylic acids is 1. The highest BCUT2D eigenvalue weighted by Crippen LogP contribution is 2.21. The average Bonchev–Trinajstić information content (AvgIpc) is 2.37. The van der Waals surface area contributed by atoms with Crippen molar-refractivity contribution < 1.29 is 19.4 Å². The van der Waals surface area contributed by atoms with Crippen molar-refractivity contribution in [2.45, 2.75) is 31.2 Å². The summed E-state index contributed by atoms with van der Waals surface area (Å²) in [5.41, 5.74) is -1.25. The van der Waals surface area contributed by atoms with Gasteiger partial charge in [0.25, 0.3) is 0 Å². The van der Waals surface area contributed by atoms with E-state index >= 15 is 0 Å². The van der Waals surface area contributed by atoms with Gasteiger partial charge >= 0.3 is 5.97 Å². The topological polar surface area (TPSA) is 75.6 Å². The summed E-state index contributed by atoms with van der Waals surface area (Å²) in [4.78, 5) is 23.5. The van der Waals surface area contributed by atoms with Crippen LogP contribution in [0, 0.1) is 0 Å². The molecule has 20 heavy (non-hydrogen) atoms. The monoisotopic (exact) mass is 297 g/mol. The van der Waals surface area contributed by atoms with Crippen LogP contribution in [0.4, 0.5) is 0 Å². The first-order valence-electron chi connectivity index (χ1n) is 6.25. The van der Waals surface area contributed by atoms with Gasteiger partial charge in [-0.1, -0.05) is 0 Å². The number of hydrogen-bond acceptors (Lipinski definition) is 4. The zero-order valence-electron chi connectivity index (χ0n) is 11.8. The van der Waals surface area contributed by atoms with Gasteiger partial charge in [-0.15, -0.1) is 11.8 Å². The number of amides is 1. The third-order valence-corrected chi connectivity index (χ3v) is 3.50. The van der Waals surface area contributed by atoms with E-state index in [1.807, 2.05) is 31.2 Å². The van der Waals surface area contributed by atoms with E-state index in [4.69, 9.17) is 9.84 Å². The lowest BCUT2D eigenvalue weighted by molar-refractivity contribution is -0.145. The predicted octanol–water partition coefficient (Wildman–Crippen LogP) is 2.16. The number of nitrogens with one attached hydrogen (secondary N) is 1. The van der Waals surface area contributed by atoms with Crippen LogP contribution < -0.4 is 10.1 Å². The van der Waals surface area contributed by atoms with E-state index in [9.17, 15) is 9.59 Å². The van der Waals surface area contributed by atoms with Gasteiger partial charge in [0.1, 0.15) is 11.3 Å². The minimum atomic E-state index is -1.25. The summed E-state index contributed by atoms with van der Waals surface area (Å²) in [7, 11) is 0. The minimum Gasteiger partial charge on any atom is -0.494 e. The normalized spacial score (nSPS) is 10.9. The quantitative estimate of drug-likeness (QED) is 0.754. The first kappa shape index (κ1) is 16.4. The molecule has 1 aromatic rings. The molecule has 0 radical (unpaired) electrons. The van der Waals surface area contributed by atoms with Crippen molar-refractivity contribution in [3.63, 3.8) is 0 Å². The fourth-order valence-electron chi connectivity index (χ4n) is 1.39. The Morgan fingerprint density at radius 1 is 1.30 bits per heavy atom. The molecule has 6 heteroatoms. The number of carboxylic acids is 1. The second-order valence-corrected chi connectivity index (χ2v) is 5.72. The van der Waals surface area contributed by atoms with Crippen LogP contribution in [0.25, 0.3) is 0 Å². The molecule has 2 N–H and O–H groups in total. The van der Waals surface area contributed by atoms with Crippen molar-refractivity contribution in [2.24, 2.45) is 0 Å². The van der Waals surface area contributed by atoms with Crippen LogP contribution in [0.3, 0.4) is 0 Å². The van der Waals surface area contributed by atoms with Gasteiger partial charge in [-0.05, 0) is 45.0 Å². The molecule has 0 unspecified atom stereocenters. The lowest BCUT2D eigenvalue weighted by Gasteiger charge is -2.20. The first-order chi connectivity index (χ1) is 9.35. The van der Waals surface area contributed by atoms with Gasteiger partial charge < -0.3 is 15.2 Å². The Labute approximate surface area is 122 Å². The molecule has 0 bridgehead atoms. The van der Waals surface area contributed by atoms with Gasteiger partial charge in [0, 0.05) is 4.90 Å². The van der Waals surface area contributed by atoms with Crippen molar-refractivity contribution in [3.8, 4) is 5.75 Å². The minimum absolute atomic E-state index is 0.171. The van der Waals surface area contributed by atoms with Crippen LogP contribution in [0.2, 0.25) is 0 Å². The lowest BCUT2D eigenvalue weighted by Crippen LogP contribution is -2.50. The maximum Gasteiger partial charge on any atom is 0.328 e. The fraction of sp³-hybridized carbons (Fsp3) is 0.429. The zero-order chi connectivity index (χ0) is 15.2. The van der Waals surface area contributed by atoms with Gasteiger partial charge in [-0.25, -0.2) is 4.79 Å². The Morgan fingerprint density at radius 3 is 2.40 bits per heavy atom. The van der Waals surface area contributed by atoms with Crippen molar-refractivity contribution in [2.75, 3.05) is 12.4 Å². The summed E-state index contributed by atoms with van der Waals surface area (Å²) in [5, 5.41) is 11.4. The van der Waals surface area contributed by atoms with Gasteiger partial charge in [0.15, 0.2) is 0 Å². The summed E-state index contributed by atoms with van der Waals surface area (Å²) in [5.74, 6) is -0.411. The molecule has 0 aliphatic carbocycles. The molecule has 5 nitrogen and oxygen atoms in total. The van der Waals surface area contributed by atoms with E-state index < -0.39 is 11.5 Å². The maximum atomic E-state index is 11.7. The zero-order valence-corrected chi connectivity index (χ0v) is 12.6. The molecule has 0 atom stereocenters. The van der Waals surface area contributed by atoms with Gasteiger partial charge in [-0.2, -0.15) is 0 Å². The van der Waals surface area contributed by atoms with E-state index in [0.717, 1.165) is 10.6 Å². The van der Waals surface area contributed by atoms with Crippen LogP contribution in [0.5, 0.6) is 5.75 Å². The van der Waals surface area contributed by atoms with Crippen LogP contribution >= 0.6 is 11.8 Å². The largest absolute Gasteiger partial charge is 0.494 e. The summed E-state index contributed by atoms with van der Waals surface area (Å²) >= 11 is 1.35. The second kappa shape index (κ2) is 7.19. The van der Waals surface area contributed by atoms with E-state index in [0.29, 0.717) is 6.61 Å². The third kappa shape index (κ3) is 5.13. The molecule has 0 aliphatic rings. The highest BCUT2D eigenvalue weighted by molar-refractivity contribution is 8.00. The van der Waals surface area contributed by atoms with Crippen molar-refractivity contribution in [1.82, 2.24) is 5.32 Å². The predicted molar refractivity (Wildman–Crippen MR) is 78.2 cm³/mol. The summed E-state index contributed by atoms with van der Waals surface area (Å²) < 4.78 is 5.32. The van der Waals surface area contributed by atoms with Gasteiger partial charge in [0.2, 0.25) is 5.91 Å². The number of ether oxygens (including phenoxy) is 1. The number of aliphatic carboxylic acids is 1. The second-order valence-electron chi connectivity index (χ2n) is 4.67. The lowest BCUT2D eigenvalue weighted by atomic mass is 10.1. The molecule has 1 aromatic carbocycles. The number of thioether (sulfide) groups is 1. The van der Waals surface area contributed by atoms with Gasteiger partial charge in [-0.3, -0.25) is 4.79 Å². The molecule has 0 saturated heterocycles. The SMILES string of the molecule is CCOc1ccc(SCC(=O)NC(C)(C)C(=O)O)cc1. The highest BCUT2D eigenvalue weighted by Gasteiger charge is 2.28. The molecule has 1 amide bonds. The average molecular weight is 297 g/mol. The van der Waals surface area contributed by atoms with Crippen molar-refractivity contribution in [3.05, 3.63) is 24.3 Å². The standard InChI is InChI=1S/C14H19NO4S/c1-4-19-10-5-7-11(8-6-10)20-9-12(16)15-14(2,3)13(17)18/h5-8H,4,9H2,1-3H3,(H,15,16)(H,17,18). The van der Waals surface area contributed by atoms with E-state index in [-0.39, 0.29) is 11.7 Å². The van der Waals surface area contributed by atoms with Crippen LogP contribution in [-0.2, 0) is 9.59 Å². The Morgan fingerprint density at radius 2 is 1.90 bits per heavy atom. The van der Waals surface area contributed by atoms with Crippen LogP contribution in [0.1, 0.15) is 20.8 Å². The summed E-state index contributed by atoms with van der Waals surface area (Å²) in [6.45, 7) is 5.43. The Bertz CT molecular complexity index is 471. The molecular weight excluding hydrogens is 278 g/mol. The van der Waals surface area contributed by atoms with Crippen molar-refractivity contribution >= 4 is 23.6 Å². The van der Waals surface area contributed by atoms with Gasteiger partial charge in [0.05, 0.1) is 12.4 Å². The number of benzene rings is 1. The molecule has 1 rings (SSSR count). The van der Waals surface area contributed by atoms with E-state index in [1.165, 1.54) is 25.6 Å². The molecule has 0 spiro atoms. The number of hydrogen-bond donors (Lipinski definition) is 2. The molecule has 110 valence electrons. The third-order valence-electron chi connectivity index (χ3n) is 2.49. The fourth-order valence-corrected chi connectivity index (χ4v) is 2.08.